The minimum absolute atomic E-state index is 0.229. The summed E-state index contributed by atoms with van der Waals surface area (Å²) in [6.45, 7) is 7.46. The number of carbonyl (C=O) groups is 3. The van der Waals surface area contributed by atoms with Crippen molar-refractivity contribution in [1.29, 1.82) is 0 Å². The van der Waals surface area contributed by atoms with Crippen molar-refractivity contribution in [2.24, 2.45) is 5.92 Å². The van der Waals surface area contributed by atoms with Gasteiger partial charge in [-0.15, -0.1) is 0 Å². The van der Waals surface area contributed by atoms with Gasteiger partial charge in [0.2, 0.25) is 11.8 Å². The first-order valence-electron chi connectivity index (χ1n) is 10.9. The zero-order valence-electron chi connectivity index (χ0n) is 17.2. The van der Waals surface area contributed by atoms with Gasteiger partial charge in [-0.25, -0.2) is 4.98 Å². The Balaban J connectivity index is 1.26. The van der Waals surface area contributed by atoms with Crippen LogP contribution in [0.25, 0.3) is 0 Å². The second-order valence-electron chi connectivity index (χ2n) is 8.36. The highest BCUT2D eigenvalue weighted by Gasteiger charge is 2.28. The molecule has 9 heteroatoms. The Kier molecular flexibility index (Phi) is 6.59. The van der Waals surface area contributed by atoms with E-state index >= 15 is 0 Å². The first-order valence-corrected chi connectivity index (χ1v) is 10.9. The Morgan fingerprint density at radius 2 is 1.87 bits per heavy atom. The van der Waals surface area contributed by atoms with E-state index in [0.717, 1.165) is 50.9 Å². The van der Waals surface area contributed by atoms with Crippen LogP contribution < -0.4 is 20.9 Å². The van der Waals surface area contributed by atoms with E-state index < -0.39 is 17.9 Å². The highest BCUT2D eigenvalue weighted by Crippen LogP contribution is 2.19. The van der Waals surface area contributed by atoms with Gasteiger partial charge >= 0.3 is 0 Å². The van der Waals surface area contributed by atoms with Crippen LogP contribution in [-0.4, -0.2) is 79.5 Å². The Morgan fingerprint density at radius 1 is 1.10 bits per heavy atom. The summed E-state index contributed by atoms with van der Waals surface area (Å²) < 4.78 is 0. The molecule has 3 N–H and O–H groups in total. The average molecular weight is 415 g/mol. The molecule has 30 heavy (non-hydrogen) atoms. The summed E-state index contributed by atoms with van der Waals surface area (Å²) in [5.74, 6) is -0.355. The van der Waals surface area contributed by atoms with Crippen LogP contribution in [0, 0.1) is 5.92 Å². The number of aromatic nitrogens is 1. The lowest BCUT2D eigenvalue weighted by atomic mass is 9.97. The van der Waals surface area contributed by atoms with Crippen molar-refractivity contribution in [1.82, 2.24) is 25.8 Å². The third-order valence-electron chi connectivity index (χ3n) is 6.24. The van der Waals surface area contributed by atoms with Crippen LogP contribution >= 0.6 is 0 Å². The third-order valence-corrected chi connectivity index (χ3v) is 6.24. The van der Waals surface area contributed by atoms with Crippen LogP contribution in [0.4, 0.5) is 5.69 Å². The molecular weight excluding hydrogens is 384 g/mol. The maximum absolute atomic E-state index is 12.4. The number of hydrogen-bond donors (Lipinski definition) is 3. The van der Waals surface area contributed by atoms with E-state index in [4.69, 9.17) is 0 Å². The Hall–Kier alpha value is -2.52. The molecule has 3 aliphatic heterocycles. The molecule has 1 atom stereocenters. The van der Waals surface area contributed by atoms with Gasteiger partial charge < -0.3 is 15.5 Å². The molecule has 0 spiro atoms. The number of piperazine rings is 1. The Labute approximate surface area is 176 Å². The number of pyridine rings is 1. The van der Waals surface area contributed by atoms with Crippen molar-refractivity contribution in [3.05, 3.63) is 24.0 Å². The van der Waals surface area contributed by atoms with Gasteiger partial charge in [0.1, 0.15) is 11.7 Å². The zero-order chi connectivity index (χ0) is 20.9. The quantitative estimate of drug-likeness (QED) is 0.570. The number of carbonyl (C=O) groups excluding carboxylic acids is 3. The predicted octanol–water partition coefficient (Wildman–Crippen LogP) is -0.262. The van der Waals surface area contributed by atoms with Gasteiger partial charge in [-0.2, -0.15) is 0 Å². The second kappa shape index (κ2) is 9.53. The normalized spacial score (nSPS) is 23.9. The molecule has 162 valence electrons. The standard InChI is InChI=1S/C21H30N6O3/c28-19-4-3-18(21(30)25-19)24-20(29)17-2-1-16(13-23-17)27-11-9-26(10-12-27)14-15-5-7-22-8-6-15/h1-2,13,15,18,22H,3-12,14H2,(H,24,29)(H,25,28,30). The zero-order valence-corrected chi connectivity index (χ0v) is 17.2. The number of imide groups is 1. The van der Waals surface area contributed by atoms with Crippen LogP contribution in [0.5, 0.6) is 0 Å². The number of anilines is 1. The number of hydrogen-bond acceptors (Lipinski definition) is 7. The van der Waals surface area contributed by atoms with Gasteiger partial charge in [0, 0.05) is 39.1 Å². The third kappa shape index (κ3) is 5.14. The van der Waals surface area contributed by atoms with E-state index in [0.29, 0.717) is 6.42 Å². The van der Waals surface area contributed by atoms with Gasteiger partial charge in [-0.3, -0.25) is 24.6 Å². The summed E-state index contributed by atoms with van der Waals surface area (Å²) in [5, 5.41) is 8.32. The molecular formula is C21H30N6O3. The van der Waals surface area contributed by atoms with Crippen LogP contribution in [0.15, 0.2) is 18.3 Å². The molecule has 0 aromatic carbocycles. The first-order chi connectivity index (χ1) is 14.6. The van der Waals surface area contributed by atoms with Crippen LogP contribution in [0.1, 0.15) is 36.2 Å². The van der Waals surface area contributed by atoms with E-state index in [1.807, 2.05) is 6.07 Å². The van der Waals surface area contributed by atoms with E-state index in [-0.39, 0.29) is 18.0 Å². The molecule has 9 nitrogen and oxygen atoms in total. The minimum atomic E-state index is -0.690. The van der Waals surface area contributed by atoms with Crippen LogP contribution in [-0.2, 0) is 9.59 Å². The summed E-state index contributed by atoms with van der Waals surface area (Å²) in [4.78, 5) is 44.6. The fourth-order valence-corrected chi connectivity index (χ4v) is 4.39. The molecule has 0 saturated carbocycles. The number of nitrogens with one attached hydrogen (secondary N) is 3. The molecule has 3 fully saturated rings. The van der Waals surface area contributed by atoms with Crippen molar-refractivity contribution in [2.45, 2.75) is 31.7 Å². The lowest BCUT2D eigenvalue weighted by Gasteiger charge is -2.38. The van der Waals surface area contributed by atoms with Gasteiger partial charge in [-0.1, -0.05) is 0 Å². The van der Waals surface area contributed by atoms with E-state index in [1.54, 1.807) is 12.3 Å². The number of amides is 3. The van der Waals surface area contributed by atoms with E-state index in [9.17, 15) is 14.4 Å². The second-order valence-corrected chi connectivity index (χ2v) is 8.36. The minimum Gasteiger partial charge on any atom is -0.368 e. The van der Waals surface area contributed by atoms with Crippen LogP contribution in [0.2, 0.25) is 0 Å². The number of nitrogens with zero attached hydrogens (tertiary/aromatic N) is 3. The molecule has 1 aromatic heterocycles. The molecule has 1 unspecified atom stereocenters. The fourth-order valence-electron chi connectivity index (χ4n) is 4.39. The highest BCUT2D eigenvalue weighted by atomic mass is 16.2. The lowest BCUT2D eigenvalue weighted by Crippen LogP contribution is -2.52. The van der Waals surface area contributed by atoms with Crippen molar-refractivity contribution in [3.63, 3.8) is 0 Å². The molecule has 3 saturated heterocycles. The Bertz CT molecular complexity index is 769. The maximum Gasteiger partial charge on any atom is 0.270 e. The van der Waals surface area contributed by atoms with Crippen molar-refractivity contribution < 1.29 is 14.4 Å². The maximum atomic E-state index is 12.4. The lowest BCUT2D eigenvalue weighted by molar-refractivity contribution is -0.134. The highest BCUT2D eigenvalue weighted by molar-refractivity contribution is 6.03. The van der Waals surface area contributed by atoms with Crippen molar-refractivity contribution >= 4 is 23.4 Å². The molecule has 0 aliphatic carbocycles. The van der Waals surface area contributed by atoms with Gasteiger partial charge in [0.05, 0.1) is 11.9 Å². The summed E-state index contributed by atoms with van der Waals surface area (Å²) in [6, 6.07) is 2.91. The van der Waals surface area contributed by atoms with Crippen molar-refractivity contribution in [3.8, 4) is 0 Å². The van der Waals surface area contributed by atoms with Crippen LogP contribution in [0.3, 0.4) is 0 Å². The smallest absolute Gasteiger partial charge is 0.270 e. The topological polar surface area (TPSA) is 107 Å². The fraction of sp³-hybridized carbons (Fsp3) is 0.619. The summed E-state index contributed by atoms with van der Waals surface area (Å²) in [5.41, 5.74) is 1.28. The van der Waals surface area contributed by atoms with E-state index in [1.165, 1.54) is 19.4 Å². The average Bonchev–Trinajstić information content (AvgIpc) is 2.77. The predicted molar refractivity (Wildman–Crippen MR) is 112 cm³/mol. The molecule has 3 amide bonds. The summed E-state index contributed by atoms with van der Waals surface area (Å²) >= 11 is 0. The SMILES string of the molecule is O=C1CCC(NC(=O)c2ccc(N3CCN(CC4CCNCC4)CC3)cn2)C(=O)N1. The molecule has 0 radical (unpaired) electrons. The summed E-state index contributed by atoms with van der Waals surface area (Å²) in [7, 11) is 0. The van der Waals surface area contributed by atoms with Crippen molar-refractivity contribution in [2.75, 3.05) is 50.7 Å². The van der Waals surface area contributed by atoms with Gasteiger partial charge in [0.15, 0.2) is 0 Å². The largest absolute Gasteiger partial charge is 0.368 e. The number of piperidine rings is 2. The first kappa shape index (κ1) is 20.7. The molecule has 4 rings (SSSR count). The van der Waals surface area contributed by atoms with Gasteiger partial charge in [-0.05, 0) is 50.4 Å². The monoisotopic (exact) mass is 414 g/mol. The van der Waals surface area contributed by atoms with E-state index in [2.05, 4.69) is 30.7 Å². The summed E-state index contributed by atoms with van der Waals surface area (Å²) in [6.07, 6.45) is 4.81. The molecule has 0 bridgehead atoms. The Morgan fingerprint density at radius 3 is 2.53 bits per heavy atom. The molecule has 3 aliphatic rings. The molecule has 1 aromatic rings. The van der Waals surface area contributed by atoms with Gasteiger partial charge in [0.25, 0.3) is 5.91 Å². The molecule has 4 heterocycles. The number of rotatable bonds is 5.